The van der Waals surface area contributed by atoms with Crippen molar-refractivity contribution in [3.63, 3.8) is 0 Å². The van der Waals surface area contributed by atoms with Crippen LogP contribution in [0.4, 0.5) is 22.7 Å². The molecular weight excluding hydrogens is 502 g/mol. The summed E-state index contributed by atoms with van der Waals surface area (Å²) >= 11 is 0. The van der Waals surface area contributed by atoms with Gasteiger partial charge < -0.3 is 9.64 Å². The van der Waals surface area contributed by atoms with Crippen LogP contribution >= 0.6 is 0 Å². The van der Waals surface area contributed by atoms with Crippen LogP contribution in [0.5, 0.6) is 5.75 Å². The smallest absolute Gasteiger partial charge is 0.195 e. The van der Waals surface area contributed by atoms with E-state index in [9.17, 15) is 5.26 Å². The first-order valence-corrected chi connectivity index (χ1v) is 13.2. The van der Waals surface area contributed by atoms with Gasteiger partial charge in [-0.15, -0.1) is 0 Å². The third-order valence-corrected chi connectivity index (χ3v) is 7.22. The minimum atomic E-state index is 0.597. The number of nitriles is 1. The van der Waals surface area contributed by atoms with Crippen LogP contribution in [-0.4, -0.2) is 7.11 Å². The number of ether oxygens (including phenoxy) is 1. The van der Waals surface area contributed by atoms with Gasteiger partial charge >= 0.3 is 0 Å². The van der Waals surface area contributed by atoms with Gasteiger partial charge in [0.2, 0.25) is 0 Å². The van der Waals surface area contributed by atoms with Crippen LogP contribution in [0.15, 0.2) is 121 Å². The maximum Gasteiger partial charge on any atom is 0.195 e. The third-order valence-electron chi connectivity index (χ3n) is 7.22. The van der Waals surface area contributed by atoms with E-state index in [4.69, 9.17) is 11.3 Å². The molecule has 41 heavy (non-hydrogen) atoms. The van der Waals surface area contributed by atoms with Crippen LogP contribution < -0.4 is 9.64 Å². The zero-order valence-corrected chi connectivity index (χ0v) is 22.5. The van der Waals surface area contributed by atoms with Crippen LogP contribution in [-0.2, 0) is 0 Å². The first kappa shape index (κ1) is 25.4. The molecule has 0 atom stereocenters. The molecule has 0 aliphatic carbocycles. The molecule has 0 saturated heterocycles. The van der Waals surface area contributed by atoms with E-state index < -0.39 is 0 Å². The molecule has 0 aromatic heterocycles. The van der Waals surface area contributed by atoms with E-state index >= 15 is 0 Å². The summed E-state index contributed by atoms with van der Waals surface area (Å²) in [7, 11) is 1.67. The summed E-state index contributed by atoms with van der Waals surface area (Å²) in [5.74, 6) is 0.812. The highest BCUT2D eigenvalue weighted by Crippen LogP contribution is 2.38. The molecule has 0 aliphatic rings. The Morgan fingerprint density at radius 1 is 0.732 bits per heavy atom. The molecule has 0 aliphatic heterocycles. The van der Waals surface area contributed by atoms with Crippen molar-refractivity contribution in [3.8, 4) is 11.8 Å². The second kappa shape index (κ2) is 11.1. The first-order chi connectivity index (χ1) is 20.2. The molecule has 0 saturated carbocycles. The molecule has 0 spiro atoms. The number of rotatable bonds is 6. The van der Waals surface area contributed by atoms with E-state index in [1.165, 1.54) is 0 Å². The lowest BCUT2D eigenvalue weighted by atomic mass is 9.93. The molecule has 0 N–H and O–H groups in total. The summed E-state index contributed by atoms with van der Waals surface area (Å²) in [5, 5.41) is 13.4. The number of anilines is 3. The predicted octanol–water partition coefficient (Wildman–Crippen LogP) is 10.1. The fourth-order valence-corrected chi connectivity index (χ4v) is 5.25. The van der Waals surface area contributed by atoms with Gasteiger partial charge in [-0.1, -0.05) is 72.8 Å². The molecular formula is C37H25N3O. The van der Waals surface area contributed by atoms with Crippen LogP contribution in [0.25, 0.3) is 38.5 Å². The Kier molecular flexibility index (Phi) is 6.89. The van der Waals surface area contributed by atoms with Crippen LogP contribution in [0.3, 0.4) is 0 Å². The summed E-state index contributed by atoms with van der Waals surface area (Å²) in [6, 6.07) is 42.5. The molecule has 6 aromatic carbocycles. The largest absolute Gasteiger partial charge is 0.497 e. The van der Waals surface area contributed by atoms with Crippen LogP contribution in [0.2, 0.25) is 0 Å². The van der Waals surface area contributed by atoms with Gasteiger partial charge in [0.15, 0.2) is 5.69 Å². The molecule has 0 fully saturated rings. The molecule has 6 rings (SSSR count). The quantitative estimate of drug-likeness (QED) is 0.123. The van der Waals surface area contributed by atoms with E-state index in [1.54, 1.807) is 7.11 Å². The maximum atomic E-state index is 9.74. The molecule has 0 bridgehead atoms. The summed E-state index contributed by atoms with van der Waals surface area (Å²) in [4.78, 5) is 6.01. The second-order valence-electron chi connectivity index (χ2n) is 9.58. The van der Waals surface area contributed by atoms with E-state index in [1.807, 2.05) is 72.8 Å². The SMILES string of the molecule is [C-]#[N+]c1cccc2cc3c(C#N)cccc3c(/C=C/c3ccc(N(c4ccccc4)c4ccc(OC)cc4)cc3)c12. The van der Waals surface area contributed by atoms with Gasteiger partial charge in [-0.2, -0.15) is 5.26 Å². The normalized spacial score (nSPS) is 10.9. The zero-order valence-electron chi connectivity index (χ0n) is 22.5. The molecule has 4 nitrogen and oxygen atoms in total. The Hall–Kier alpha value is -5.84. The van der Waals surface area contributed by atoms with Crippen molar-refractivity contribution < 1.29 is 4.74 Å². The minimum Gasteiger partial charge on any atom is -0.497 e. The Bertz CT molecular complexity index is 1980. The lowest BCUT2D eigenvalue weighted by Crippen LogP contribution is -2.09. The summed E-state index contributed by atoms with van der Waals surface area (Å²) in [5.41, 5.74) is 6.30. The Morgan fingerprint density at radius 3 is 2.10 bits per heavy atom. The van der Waals surface area contributed by atoms with Crippen LogP contribution in [0.1, 0.15) is 16.7 Å². The standard InChI is InChI=1S/C37H25N3O/c1-39-36-13-7-8-27-24-35-28(25-38)9-6-12-33(35)34(37(27)36)23-16-26-14-17-30(18-15-26)40(29-10-4-3-5-11-29)31-19-21-32(41-2)22-20-31/h3-24H,2H3/b23-16+. The zero-order chi connectivity index (χ0) is 28.2. The summed E-state index contributed by atoms with van der Waals surface area (Å²) in [6.45, 7) is 7.77. The topological polar surface area (TPSA) is 40.6 Å². The highest BCUT2D eigenvalue weighted by molar-refractivity contribution is 6.13. The van der Waals surface area contributed by atoms with Gasteiger partial charge in [0.1, 0.15) is 5.75 Å². The van der Waals surface area contributed by atoms with Crippen molar-refractivity contribution in [2.45, 2.75) is 0 Å². The van der Waals surface area contributed by atoms with Crippen molar-refractivity contribution >= 4 is 56.4 Å². The number of hydrogen-bond donors (Lipinski definition) is 0. The number of benzene rings is 6. The number of hydrogen-bond acceptors (Lipinski definition) is 3. The van der Waals surface area contributed by atoms with Gasteiger partial charge in [-0.05, 0) is 87.9 Å². The van der Waals surface area contributed by atoms with E-state index in [-0.39, 0.29) is 0 Å². The van der Waals surface area contributed by atoms with Crippen molar-refractivity contribution in [2.24, 2.45) is 0 Å². The number of methoxy groups -OCH3 is 1. The summed E-state index contributed by atoms with van der Waals surface area (Å²) < 4.78 is 5.36. The molecule has 194 valence electrons. The van der Waals surface area contributed by atoms with E-state index in [0.29, 0.717) is 11.3 Å². The first-order valence-electron chi connectivity index (χ1n) is 13.2. The van der Waals surface area contributed by atoms with Gasteiger partial charge in [-0.25, -0.2) is 4.85 Å². The molecule has 4 heteroatoms. The van der Waals surface area contributed by atoms with Crippen molar-refractivity contribution in [3.05, 3.63) is 149 Å². The highest BCUT2D eigenvalue weighted by atomic mass is 16.5. The number of para-hydroxylation sites is 1. The van der Waals surface area contributed by atoms with Gasteiger partial charge in [0, 0.05) is 22.4 Å². The number of nitrogens with zero attached hydrogens (tertiary/aromatic N) is 3. The fraction of sp³-hybridized carbons (Fsp3) is 0.0270. The fourth-order valence-electron chi connectivity index (χ4n) is 5.25. The van der Waals surface area contributed by atoms with E-state index in [2.05, 4.69) is 76.5 Å². The molecule has 0 heterocycles. The molecule has 6 aromatic rings. The second-order valence-corrected chi connectivity index (χ2v) is 9.58. The van der Waals surface area contributed by atoms with Gasteiger partial charge in [0.05, 0.1) is 25.3 Å². The van der Waals surface area contributed by atoms with Crippen molar-refractivity contribution in [1.29, 1.82) is 5.26 Å². The van der Waals surface area contributed by atoms with Crippen molar-refractivity contribution in [2.75, 3.05) is 12.0 Å². The molecule has 0 unspecified atom stereocenters. The number of fused-ring (bicyclic) bond motifs is 2. The average molecular weight is 528 g/mol. The molecule has 0 amide bonds. The third kappa shape index (κ3) is 4.87. The highest BCUT2D eigenvalue weighted by Gasteiger charge is 2.14. The van der Waals surface area contributed by atoms with Crippen LogP contribution in [0, 0.1) is 17.9 Å². The van der Waals surface area contributed by atoms with Gasteiger partial charge in [0.25, 0.3) is 0 Å². The minimum absolute atomic E-state index is 0.597. The Morgan fingerprint density at radius 2 is 1.41 bits per heavy atom. The monoisotopic (exact) mass is 527 g/mol. The lowest BCUT2D eigenvalue weighted by molar-refractivity contribution is 0.415. The average Bonchev–Trinajstić information content (AvgIpc) is 3.04. The Labute approximate surface area is 239 Å². The van der Waals surface area contributed by atoms with Crippen molar-refractivity contribution in [1.82, 2.24) is 0 Å². The summed E-state index contributed by atoms with van der Waals surface area (Å²) in [6.07, 6.45) is 4.13. The van der Waals surface area contributed by atoms with E-state index in [0.717, 1.165) is 55.5 Å². The maximum absolute atomic E-state index is 9.74. The Balaban J connectivity index is 1.43. The lowest BCUT2D eigenvalue weighted by Gasteiger charge is -2.25. The molecule has 0 radical (unpaired) electrons. The van der Waals surface area contributed by atoms with Gasteiger partial charge in [-0.3, -0.25) is 0 Å². The predicted molar refractivity (Wildman–Crippen MR) is 169 cm³/mol.